The number of aliphatic hydroxyl groups is 1. The van der Waals surface area contributed by atoms with E-state index in [1.165, 1.54) is 6.33 Å². The molecule has 3 aromatic heterocycles. The van der Waals surface area contributed by atoms with Crippen LogP contribution in [0.5, 0.6) is 0 Å². The Bertz CT molecular complexity index is 1410. The van der Waals surface area contributed by atoms with Gasteiger partial charge >= 0.3 is 0 Å². The van der Waals surface area contributed by atoms with Gasteiger partial charge in [0.15, 0.2) is 0 Å². The lowest BCUT2D eigenvalue weighted by atomic mass is 9.89. The van der Waals surface area contributed by atoms with Crippen LogP contribution < -0.4 is 16.6 Å². The maximum atomic E-state index is 13.5. The van der Waals surface area contributed by atoms with Crippen LogP contribution in [-0.4, -0.2) is 40.9 Å². The highest BCUT2D eigenvalue weighted by Gasteiger charge is 2.33. The Hall–Kier alpha value is -3.57. The highest BCUT2D eigenvalue weighted by Crippen LogP contribution is 2.36. The van der Waals surface area contributed by atoms with Crippen LogP contribution in [0.3, 0.4) is 0 Å². The normalized spacial score (nSPS) is 18.8. The smallest absolute Gasteiger partial charge is 0.263 e. The number of hydrogen-bond donors (Lipinski definition) is 3. The van der Waals surface area contributed by atoms with Crippen molar-refractivity contribution in [3.8, 4) is 11.5 Å². The minimum atomic E-state index is -0.476. The number of halogens is 1. The Morgan fingerprint density at radius 3 is 2.79 bits per heavy atom. The molecule has 1 atom stereocenters. The molecule has 0 radical (unpaired) electrons. The number of aliphatic hydroxyl groups excluding tert-OH is 1. The zero-order valence-corrected chi connectivity index (χ0v) is 18.6. The fourth-order valence-electron chi connectivity index (χ4n) is 4.03. The van der Waals surface area contributed by atoms with E-state index >= 15 is 0 Å². The molecule has 3 heterocycles. The molecule has 0 spiro atoms. The third-order valence-corrected chi connectivity index (χ3v) is 6.03. The van der Waals surface area contributed by atoms with Crippen molar-refractivity contribution in [2.24, 2.45) is 0 Å². The summed E-state index contributed by atoms with van der Waals surface area (Å²) >= 11 is 6.33. The van der Waals surface area contributed by atoms with Crippen LogP contribution in [0.4, 0.5) is 11.6 Å². The standard InChI is InChI=1S/C21H21ClN8O3/c1-9(26-18-16(17(23)24-8-25-18)20-29-28-10(2)33-20)19-27-14-5-3-4-13(22)15(14)21(32)30(19)11-6-12(31)7-11/h3-5,8-9,11-12,31H,6-7H2,1-2H3,(H3,23,24,25,26). The van der Waals surface area contributed by atoms with Gasteiger partial charge in [-0.15, -0.1) is 10.2 Å². The minimum absolute atomic E-state index is 0.168. The fraction of sp³-hybridized carbons (Fsp3) is 0.333. The highest BCUT2D eigenvalue weighted by atomic mass is 35.5. The minimum Gasteiger partial charge on any atom is -0.421 e. The number of aryl methyl sites for hydroxylation is 1. The molecule has 0 aliphatic heterocycles. The van der Waals surface area contributed by atoms with Crippen molar-refractivity contribution in [3.63, 3.8) is 0 Å². The van der Waals surface area contributed by atoms with Gasteiger partial charge in [0.1, 0.15) is 29.4 Å². The molecule has 11 nitrogen and oxygen atoms in total. The van der Waals surface area contributed by atoms with Crippen LogP contribution in [0.15, 0.2) is 33.7 Å². The maximum absolute atomic E-state index is 13.5. The first-order chi connectivity index (χ1) is 15.8. The lowest BCUT2D eigenvalue weighted by Crippen LogP contribution is -2.40. The first-order valence-electron chi connectivity index (χ1n) is 10.4. The van der Waals surface area contributed by atoms with E-state index in [0.717, 1.165) is 0 Å². The Labute approximate surface area is 192 Å². The number of nitrogens with two attached hydrogens (primary N) is 1. The van der Waals surface area contributed by atoms with Crippen LogP contribution in [0.25, 0.3) is 22.4 Å². The molecule has 1 unspecified atom stereocenters. The van der Waals surface area contributed by atoms with Crippen LogP contribution in [0.2, 0.25) is 5.02 Å². The van der Waals surface area contributed by atoms with Gasteiger partial charge in [-0.25, -0.2) is 15.0 Å². The lowest BCUT2D eigenvalue weighted by Gasteiger charge is -2.35. The predicted octanol–water partition coefficient (Wildman–Crippen LogP) is 2.65. The summed E-state index contributed by atoms with van der Waals surface area (Å²) in [7, 11) is 0. The second-order valence-electron chi connectivity index (χ2n) is 8.03. The predicted molar refractivity (Wildman–Crippen MR) is 122 cm³/mol. The monoisotopic (exact) mass is 468 g/mol. The van der Waals surface area contributed by atoms with Gasteiger partial charge in [-0.3, -0.25) is 9.36 Å². The van der Waals surface area contributed by atoms with Gasteiger partial charge in [0, 0.05) is 13.0 Å². The molecule has 0 bridgehead atoms. The van der Waals surface area contributed by atoms with Gasteiger partial charge in [0.25, 0.3) is 11.4 Å². The number of nitrogens with zero attached hydrogens (tertiary/aromatic N) is 6. The van der Waals surface area contributed by atoms with Gasteiger partial charge < -0.3 is 20.6 Å². The molecule has 5 rings (SSSR count). The number of hydrogen-bond acceptors (Lipinski definition) is 10. The van der Waals surface area contributed by atoms with Gasteiger partial charge in [-0.2, -0.15) is 0 Å². The van der Waals surface area contributed by atoms with E-state index in [1.54, 1.807) is 29.7 Å². The van der Waals surface area contributed by atoms with E-state index < -0.39 is 12.1 Å². The van der Waals surface area contributed by atoms with Gasteiger partial charge in [0.2, 0.25) is 5.89 Å². The van der Waals surface area contributed by atoms with E-state index in [-0.39, 0.29) is 23.3 Å². The molecule has 33 heavy (non-hydrogen) atoms. The second-order valence-corrected chi connectivity index (χ2v) is 8.44. The van der Waals surface area contributed by atoms with E-state index in [9.17, 15) is 9.90 Å². The van der Waals surface area contributed by atoms with E-state index in [2.05, 4.69) is 25.5 Å². The summed E-state index contributed by atoms with van der Waals surface area (Å²) in [5.41, 5.74) is 6.69. The number of nitrogens with one attached hydrogen (secondary N) is 1. The topological polar surface area (TPSA) is 158 Å². The summed E-state index contributed by atoms with van der Waals surface area (Å²) in [4.78, 5) is 26.6. The van der Waals surface area contributed by atoms with Crippen LogP contribution >= 0.6 is 11.6 Å². The van der Waals surface area contributed by atoms with E-state index in [1.807, 2.05) is 6.92 Å². The molecule has 0 saturated heterocycles. The zero-order chi connectivity index (χ0) is 23.3. The highest BCUT2D eigenvalue weighted by molar-refractivity contribution is 6.35. The van der Waals surface area contributed by atoms with Crippen molar-refractivity contribution in [2.45, 2.75) is 44.9 Å². The summed E-state index contributed by atoms with van der Waals surface area (Å²) in [6.07, 6.45) is 1.79. The lowest BCUT2D eigenvalue weighted by molar-refractivity contribution is 0.0454. The number of fused-ring (bicyclic) bond motifs is 1. The van der Waals surface area contributed by atoms with Crippen molar-refractivity contribution >= 4 is 34.1 Å². The van der Waals surface area contributed by atoms with Crippen LogP contribution in [-0.2, 0) is 0 Å². The zero-order valence-electron chi connectivity index (χ0n) is 17.9. The van der Waals surface area contributed by atoms with Crippen LogP contribution in [0.1, 0.15) is 43.6 Å². The van der Waals surface area contributed by atoms with Crippen LogP contribution in [0, 0.1) is 6.92 Å². The number of aromatic nitrogens is 6. The molecular weight excluding hydrogens is 448 g/mol. The average molecular weight is 469 g/mol. The molecule has 1 saturated carbocycles. The molecule has 1 aliphatic rings. The Balaban J connectivity index is 1.61. The average Bonchev–Trinajstić information content (AvgIpc) is 3.17. The van der Waals surface area contributed by atoms with Crippen molar-refractivity contribution in [1.82, 2.24) is 29.7 Å². The van der Waals surface area contributed by atoms with E-state index in [0.29, 0.717) is 51.9 Å². The number of anilines is 2. The quantitative estimate of drug-likeness (QED) is 0.397. The Kier molecular flexibility index (Phi) is 5.22. The molecular formula is C21H21ClN8O3. The summed E-state index contributed by atoms with van der Waals surface area (Å²) in [6, 6.07) is 4.49. The summed E-state index contributed by atoms with van der Waals surface area (Å²) in [6.45, 7) is 3.52. The summed E-state index contributed by atoms with van der Waals surface area (Å²) < 4.78 is 7.14. The Morgan fingerprint density at radius 1 is 1.30 bits per heavy atom. The molecule has 4 N–H and O–H groups in total. The van der Waals surface area contributed by atoms with Crippen molar-refractivity contribution in [3.05, 3.63) is 51.6 Å². The first-order valence-corrected chi connectivity index (χ1v) is 10.8. The number of benzene rings is 1. The maximum Gasteiger partial charge on any atom is 0.263 e. The summed E-state index contributed by atoms with van der Waals surface area (Å²) in [5, 5.41) is 21.7. The van der Waals surface area contributed by atoms with Crippen molar-refractivity contribution in [2.75, 3.05) is 11.1 Å². The van der Waals surface area contributed by atoms with Crippen molar-refractivity contribution < 1.29 is 9.52 Å². The molecule has 1 fully saturated rings. The van der Waals surface area contributed by atoms with Crippen molar-refractivity contribution in [1.29, 1.82) is 0 Å². The molecule has 0 amide bonds. The molecule has 4 aromatic rings. The summed E-state index contributed by atoms with van der Waals surface area (Å²) in [5.74, 6) is 1.56. The number of nitrogen functional groups attached to an aromatic ring is 1. The van der Waals surface area contributed by atoms with Gasteiger partial charge in [-0.05, 0) is 31.9 Å². The molecule has 1 aromatic carbocycles. The molecule has 12 heteroatoms. The third kappa shape index (κ3) is 3.68. The third-order valence-electron chi connectivity index (χ3n) is 5.72. The second kappa shape index (κ2) is 8.09. The first kappa shape index (κ1) is 21.3. The Morgan fingerprint density at radius 2 is 2.09 bits per heavy atom. The van der Waals surface area contributed by atoms with E-state index in [4.69, 9.17) is 26.7 Å². The fourth-order valence-corrected chi connectivity index (χ4v) is 4.28. The molecule has 170 valence electrons. The molecule has 1 aliphatic carbocycles. The van der Waals surface area contributed by atoms with Gasteiger partial charge in [0.05, 0.1) is 28.1 Å². The largest absolute Gasteiger partial charge is 0.421 e. The number of rotatable bonds is 5. The van der Waals surface area contributed by atoms with Gasteiger partial charge in [-0.1, -0.05) is 17.7 Å². The SMILES string of the molecule is Cc1nnc(-c2c(N)ncnc2NC(C)c2nc3cccc(Cl)c3c(=O)n2C2CC(O)C2)o1.